The number of hydrogen-bond acceptors (Lipinski definition) is 2. The molecule has 0 radical (unpaired) electrons. The molecule has 2 nitrogen and oxygen atoms in total. The quantitative estimate of drug-likeness (QED) is 0.904. The summed E-state index contributed by atoms with van der Waals surface area (Å²) in [5, 5.41) is 3.30. The van der Waals surface area contributed by atoms with Crippen molar-refractivity contribution >= 4 is 15.9 Å². The lowest BCUT2D eigenvalue weighted by atomic mass is 9.88. The zero-order chi connectivity index (χ0) is 12.4. The van der Waals surface area contributed by atoms with Gasteiger partial charge < -0.3 is 10.1 Å². The minimum absolute atomic E-state index is 0.167. The molecule has 0 atom stereocenters. The summed E-state index contributed by atoms with van der Waals surface area (Å²) in [6.07, 6.45) is 1.92. The van der Waals surface area contributed by atoms with Gasteiger partial charge in [-0.1, -0.05) is 0 Å². The Hall–Kier alpha value is -0.610. The van der Waals surface area contributed by atoms with Crippen LogP contribution < -0.4 is 10.1 Å². The summed E-state index contributed by atoms with van der Waals surface area (Å²) in [7, 11) is 1.61. The summed E-state index contributed by atoms with van der Waals surface area (Å²) in [5.74, 6) is 0.791. The van der Waals surface area contributed by atoms with Gasteiger partial charge in [0.25, 0.3) is 0 Å². The van der Waals surface area contributed by atoms with E-state index >= 15 is 0 Å². The van der Waals surface area contributed by atoms with Gasteiger partial charge in [-0.05, 0) is 66.3 Å². The number of ether oxygens (including phenoxy) is 1. The Morgan fingerprint density at radius 1 is 1.41 bits per heavy atom. The molecule has 0 aromatic heterocycles. The first-order chi connectivity index (χ1) is 8.15. The second-order valence-electron chi connectivity index (χ2n) is 4.46. The van der Waals surface area contributed by atoms with Crippen LogP contribution in [0.15, 0.2) is 10.5 Å². The number of methoxy groups -OCH3 is 1. The third-order valence-electron chi connectivity index (χ3n) is 3.34. The second-order valence-corrected chi connectivity index (χ2v) is 5.31. The number of nitrogens with one attached hydrogen (secondary N) is 1. The molecule has 1 aromatic rings. The van der Waals surface area contributed by atoms with Gasteiger partial charge in [0.1, 0.15) is 11.6 Å². The van der Waals surface area contributed by atoms with Crippen LogP contribution in [0.25, 0.3) is 0 Å². The fourth-order valence-corrected chi connectivity index (χ4v) is 3.06. The zero-order valence-electron chi connectivity index (χ0n) is 10.1. The Balaban J connectivity index is 2.48. The molecule has 1 N–H and O–H groups in total. The molecule has 4 heteroatoms. The topological polar surface area (TPSA) is 21.3 Å². The number of piperidine rings is 1. The van der Waals surface area contributed by atoms with Crippen LogP contribution in [-0.4, -0.2) is 20.2 Å². The monoisotopic (exact) mass is 301 g/mol. The molecule has 17 heavy (non-hydrogen) atoms. The maximum absolute atomic E-state index is 14.3. The van der Waals surface area contributed by atoms with Crippen LogP contribution in [0.3, 0.4) is 0 Å². The minimum atomic E-state index is -0.167. The predicted molar refractivity (Wildman–Crippen MR) is 70.2 cm³/mol. The lowest BCUT2D eigenvalue weighted by molar-refractivity contribution is 0.378. The Kier molecular flexibility index (Phi) is 4.05. The molecule has 0 saturated carbocycles. The maximum Gasteiger partial charge on any atom is 0.144 e. The van der Waals surface area contributed by atoms with Gasteiger partial charge in [-0.15, -0.1) is 0 Å². The van der Waals surface area contributed by atoms with E-state index in [-0.39, 0.29) is 11.7 Å². The van der Waals surface area contributed by atoms with E-state index in [2.05, 4.69) is 21.2 Å². The maximum atomic E-state index is 14.3. The molecule has 0 amide bonds. The Bertz CT molecular complexity index is 416. The summed E-state index contributed by atoms with van der Waals surface area (Å²) in [4.78, 5) is 0. The van der Waals surface area contributed by atoms with E-state index in [4.69, 9.17) is 4.74 Å². The van der Waals surface area contributed by atoms with E-state index in [9.17, 15) is 4.39 Å². The van der Waals surface area contributed by atoms with Crippen molar-refractivity contribution in [2.45, 2.75) is 25.7 Å². The Morgan fingerprint density at radius 3 is 2.65 bits per heavy atom. The van der Waals surface area contributed by atoms with Crippen molar-refractivity contribution in [2.24, 2.45) is 0 Å². The minimum Gasteiger partial charge on any atom is -0.496 e. The van der Waals surface area contributed by atoms with E-state index in [0.29, 0.717) is 10.2 Å². The molecular formula is C13H17BrFNO. The highest BCUT2D eigenvalue weighted by molar-refractivity contribution is 9.10. The summed E-state index contributed by atoms with van der Waals surface area (Å²) in [5.41, 5.74) is 1.72. The number of aryl methyl sites for hydroxylation is 1. The molecule has 0 unspecified atom stereocenters. The van der Waals surface area contributed by atoms with Crippen LogP contribution >= 0.6 is 15.9 Å². The Labute approximate surface area is 110 Å². The van der Waals surface area contributed by atoms with Gasteiger partial charge >= 0.3 is 0 Å². The highest BCUT2D eigenvalue weighted by Gasteiger charge is 2.25. The molecule has 1 aliphatic heterocycles. The van der Waals surface area contributed by atoms with E-state index in [1.54, 1.807) is 13.2 Å². The molecule has 1 saturated heterocycles. The summed E-state index contributed by atoms with van der Waals surface area (Å²) in [6.45, 7) is 3.84. The molecular weight excluding hydrogens is 285 g/mol. The molecule has 1 heterocycles. The molecule has 1 fully saturated rings. The van der Waals surface area contributed by atoms with Crippen molar-refractivity contribution in [1.29, 1.82) is 0 Å². The smallest absolute Gasteiger partial charge is 0.144 e. The van der Waals surface area contributed by atoms with Gasteiger partial charge in [-0.2, -0.15) is 0 Å². The lowest BCUT2D eigenvalue weighted by Gasteiger charge is -2.26. The van der Waals surface area contributed by atoms with Gasteiger partial charge in [0.2, 0.25) is 0 Å². The first-order valence-corrected chi connectivity index (χ1v) is 6.67. The lowest BCUT2D eigenvalue weighted by Crippen LogP contribution is -2.27. The molecule has 1 aliphatic rings. The largest absolute Gasteiger partial charge is 0.496 e. The fourth-order valence-electron chi connectivity index (χ4n) is 2.51. The number of benzene rings is 1. The molecule has 0 spiro atoms. The van der Waals surface area contributed by atoms with Crippen molar-refractivity contribution in [3.05, 3.63) is 27.5 Å². The zero-order valence-corrected chi connectivity index (χ0v) is 11.7. The van der Waals surface area contributed by atoms with Gasteiger partial charge in [0.15, 0.2) is 0 Å². The molecule has 1 aromatic carbocycles. The average Bonchev–Trinajstić information content (AvgIpc) is 2.34. The third-order valence-corrected chi connectivity index (χ3v) is 3.92. The van der Waals surface area contributed by atoms with Crippen molar-refractivity contribution in [3.63, 3.8) is 0 Å². The van der Waals surface area contributed by atoms with Gasteiger partial charge in [-0.3, -0.25) is 0 Å². The molecule has 0 aliphatic carbocycles. The molecule has 94 valence electrons. The van der Waals surface area contributed by atoms with Crippen LogP contribution in [-0.2, 0) is 0 Å². The number of hydrogen-bond donors (Lipinski definition) is 1. The summed E-state index contributed by atoms with van der Waals surface area (Å²) < 4.78 is 20.2. The Morgan fingerprint density at radius 2 is 2.06 bits per heavy atom. The average molecular weight is 302 g/mol. The molecule has 2 rings (SSSR count). The van der Waals surface area contributed by atoms with Crippen LogP contribution in [0.1, 0.15) is 29.9 Å². The van der Waals surface area contributed by atoms with Crippen molar-refractivity contribution < 1.29 is 9.13 Å². The second kappa shape index (κ2) is 5.36. The first kappa shape index (κ1) is 12.8. The predicted octanol–water partition coefficient (Wildman–Crippen LogP) is 3.37. The van der Waals surface area contributed by atoms with E-state index in [1.807, 2.05) is 6.92 Å². The third kappa shape index (κ3) is 2.47. The van der Waals surface area contributed by atoms with Crippen molar-refractivity contribution in [2.75, 3.05) is 20.2 Å². The van der Waals surface area contributed by atoms with Gasteiger partial charge in [-0.25, -0.2) is 4.39 Å². The standard InChI is InChI=1S/C13H17BrFNO/c1-8-7-10(14)12(15)11(13(8)17-2)9-3-5-16-6-4-9/h7,9,16H,3-6H2,1-2H3. The normalized spacial score (nSPS) is 17.2. The first-order valence-electron chi connectivity index (χ1n) is 5.88. The van der Waals surface area contributed by atoms with Gasteiger partial charge in [0, 0.05) is 5.56 Å². The highest BCUT2D eigenvalue weighted by Crippen LogP contribution is 2.39. The number of halogens is 2. The van der Waals surface area contributed by atoms with E-state index in [0.717, 1.165) is 37.1 Å². The van der Waals surface area contributed by atoms with Crippen LogP contribution in [0.4, 0.5) is 4.39 Å². The van der Waals surface area contributed by atoms with Crippen LogP contribution in [0.2, 0.25) is 0 Å². The SMILES string of the molecule is COc1c(C)cc(Br)c(F)c1C1CCNCC1. The van der Waals surface area contributed by atoms with Gasteiger partial charge in [0.05, 0.1) is 11.6 Å². The van der Waals surface area contributed by atoms with E-state index in [1.165, 1.54) is 0 Å². The van der Waals surface area contributed by atoms with Crippen LogP contribution in [0.5, 0.6) is 5.75 Å². The van der Waals surface area contributed by atoms with Crippen molar-refractivity contribution in [3.8, 4) is 5.75 Å². The summed E-state index contributed by atoms with van der Waals surface area (Å²) in [6, 6.07) is 1.78. The van der Waals surface area contributed by atoms with Crippen molar-refractivity contribution in [1.82, 2.24) is 5.32 Å². The van der Waals surface area contributed by atoms with E-state index < -0.39 is 0 Å². The highest BCUT2D eigenvalue weighted by atomic mass is 79.9. The van der Waals surface area contributed by atoms with Crippen LogP contribution in [0, 0.1) is 12.7 Å². The summed E-state index contributed by atoms with van der Waals surface area (Å²) >= 11 is 3.28. The fraction of sp³-hybridized carbons (Fsp3) is 0.538. The number of rotatable bonds is 2. The molecule has 0 bridgehead atoms.